The molecule has 1 nitrogen and oxygen atoms in total. The molecule has 1 heteroatoms. The predicted octanol–water partition coefficient (Wildman–Crippen LogP) is 9.91. The highest BCUT2D eigenvalue weighted by atomic mass is 15.0. The van der Waals surface area contributed by atoms with Gasteiger partial charge in [-0.3, -0.25) is 0 Å². The van der Waals surface area contributed by atoms with Crippen LogP contribution in [0.2, 0.25) is 0 Å². The summed E-state index contributed by atoms with van der Waals surface area (Å²) in [5, 5.41) is 10.2. The minimum absolute atomic E-state index is 1.22. The first-order chi connectivity index (χ1) is 18.4. The Bertz CT molecular complexity index is 2130. The number of rotatable bonds is 2. The van der Waals surface area contributed by atoms with E-state index in [9.17, 15) is 0 Å². The summed E-state index contributed by atoms with van der Waals surface area (Å²) >= 11 is 0. The summed E-state index contributed by atoms with van der Waals surface area (Å²) in [6, 6.07) is 50.8. The lowest BCUT2D eigenvalue weighted by molar-refractivity contribution is 1.20. The molecule has 0 radical (unpaired) electrons. The van der Waals surface area contributed by atoms with E-state index in [1.54, 1.807) is 0 Å². The summed E-state index contributed by atoms with van der Waals surface area (Å²) in [4.78, 5) is 0. The molecule has 1 heterocycles. The second kappa shape index (κ2) is 7.81. The quantitative estimate of drug-likeness (QED) is 0.237. The number of benzene rings is 7. The molecule has 0 bridgehead atoms. The maximum atomic E-state index is 2.44. The molecule has 0 saturated heterocycles. The van der Waals surface area contributed by atoms with Gasteiger partial charge >= 0.3 is 0 Å². The van der Waals surface area contributed by atoms with Crippen LogP contribution in [0, 0.1) is 0 Å². The Kier molecular flexibility index (Phi) is 4.29. The van der Waals surface area contributed by atoms with Crippen molar-refractivity contribution in [2.24, 2.45) is 0 Å². The predicted molar refractivity (Wildman–Crippen MR) is 159 cm³/mol. The van der Waals surface area contributed by atoms with Gasteiger partial charge in [-0.25, -0.2) is 0 Å². The summed E-state index contributed by atoms with van der Waals surface area (Å²) in [5.74, 6) is 0. The second-order valence-electron chi connectivity index (χ2n) is 9.77. The molecule has 8 aromatic rings. The first-order valence-electron chi connectivity index (χ1n) is 12.8. The lowest BCUT2D eigenvalue weighted by Gasteiger charge is -2.12. The fourth-order valence-electron chi connectivity index (χ4n) is 6.11. The molecule has 37 heavy (non-hydrogen) atoms. The van der Waals surface area contributed by atoms with E-state index in [-0.39, 0.29) is 0 Å². The smallest absolute Gasteiger partial charge is 0.0547 e. The van der Waals surface area contributed by atoms with E-state index in [4.69, 9.17) is 0 Å². The van der Waals surface area contributed by atoms with Crippen LogP contribution in [0.1, 0.15) is 0 Å². The molecular weight excluding hydrogens is 446 g/mol. The number of aromatic nitrogens is 1. The molecule has 0 N–H and O–H groups in total. The molecule has 7 aromatic carbocycles. The van der Waals surface area contributed by atoms with Gasteiger partial charge in [0.2, 0.25) is 0 Å². The van der Waals surface area contributed by atoms with Gasteiger partial charge in [-0.05, 0) is 62.3 Å². The topological polar surface area (TPSA) is 4.93 Å². The van der Waals surface area contributed by atoms with E-state index in [1.807, 2.05) is 0 Å². The van der Waals surface area contributed by atoms with Crippen molar-refractivity contribution in [1.82, 2.24) is 4.57 Å². The van der Waals surface area contributed by atoms with Crippen molar-refractivity contribution in [3.8, 4) is 16.8 Å². The molecule has 0 aliphatic heterocycles. The van der Waals surface area contributed by atoms with Crippen molar-refractivity contribution in [1.29, 1.82) is 0 Å². The van der Waals surface area contributed by atoms with Crippen molar-refractivity contribution in [2.45, 2.75) is 0 Å². The van der Waals surface area contributed by atoms with E-state index >= 15 is 0 Å². The highest BCUT2D eigenvalue weighted by molar-refractivity contribution is 6.22. The third-order valence-corrected chi connectivity index (χ3v) is 7.76. The van der Waals surface area contributed by atoms with Crippen molar-refractivity contribution >= 4 is 54.1 Å². The number of para-hydroxylation sites is 1. The van der Waals surface area contributed by atoms with Crippen LogP contribution in [-0.4, -0.2) is 4.57 Å². The normalized spacial score (nSPS) is 11.8. The van der Waals surface area contributed by atoms with E-state index in [2.05, 4.69) is 144 Å². The zero-order chi connectivity index (χ0) is 24.3. The maximum absolute atomic E-state index is 2.44. The van der Waals surface area contributed by atoms with Crippen LogP contribution in [0.4, 0.5) is 0 Å². The fraction of sp³-hybridized carbons (Fsp3) is 0. The maximum Gasteiger partial charge on any atom is 0.0547 e. The van der Waals surface area contributed by atoms with Gasteiger partial charge in [-0.2, -0.15) is 0 Å². The molecule has 0 saturated carbocycles. The highest BCUT2D eigenvalue weighted by Crippen LogP contribution is 2.40. The Morgan fingerprint density at radius 1 is 0.378 bits per heavy atom. The Balaban J connectivity index is 1.44. The number of hydrogen-bond donors (Lipinski definition) is 0. The SMILES string of the molecule is c1ccc2c(-c3ccc4c(ccc5c4c4ccccc4n5-c4cccc5ccccc45)c3)cccc2c1. The Morgan fingerprint density at radius 3 is 1.92 bits per heavy atom. The van der Waals surface area contributed by atoms with Gasteiger partial charge in [0, 0.05) is 16.2 Å². The van der Waals surface area contributed by atoms with Gasteiger partial charge in [0.1, 0.15) is 0 Å². The number of nitrogens with zero attached hydrogens (tertiary/aromatic N) is 1. The van der Waals surface area contributed by atoms with Crippen LogP contribution in [0.3, 0.4) is 0 Å². The summed E-state index contributed by atoms with van der Waals surface area (Å²) in [6.45, 7) is 0. The van der Waals surface area contributed by atoms with Crippen molar-refractivity contribution in [3.63, 3.8) is 0 Å². The lowest BCUT2D eigenvalue weighted by Crippen LogP contribution is -1.95. The minimum Gasteiger partial charge on any atom is -0.309 e. The van der Waals surface area contributed by atoms with Gasteiger partial charge in [0.05, 0.1) is 16.7 Å². The molecule has 172 valence electrons. The molecule has 0 unspecified atom stereocenters. The van der Waals surface area contributed by atoms with Gasteiger partial charge in [-0.1, -0.05) is 115 Å². The van der Waals surface area contributed by atoms with Gasteiger partial charge in [0.25, 0.3) is 0 Å². The van der Waals surface area contributed by atoms with Crippen LogP contribution in [-0.2, 0) is 0 Å². The number of fused-ring (bicyclic) bond motifs is 7. The zero-order valence-corrected chi connectivity index (χ0v) is 20.2. The van der Waals surface area contributed by atoms with Crippen LogP contribution in [0.5, 0.6) is 0 Å². The van der Waals surface area contributed by atoms with Crippen LogP contribution in [0.25, 0.3) is 70.9 Å². The summed E-state index contributed by atoms with van der Waals surface area (Å²) in [6.07, 6.45) is 0. The number of hydrogen-bond acceptors (Lipinski definition) is 0. The Labute approximate surface area is 214 Å². The molecule has 0 aliphatic rings. The second-order valence-corrected chi connectivity index (χ2v) is 9.77. The van der Waals surface area contributed by atoms with Crippen LogP contribution in [0.15, 0.2) is 140 Å². The van der Waals surface area contributed by atoms with Gasteiger partial charge in [-0.15, -0.1) is 0 Å². The van der Waals surface area contributed by atoms with Crippen LogP contribution < -0.4 is 0 Å². The first kappa shape index (κ1) is 20.3. The molecular formula is C36H23N. The molecule has 8 rings (SSSR count). The molecule has 0 atom stereocenters. The van der Waals surface area contributed by atoms with Crippen molar-refractivity contribution < 1.29 is 0 Å². The van der Waals surface area contributed by atoms with E-state index in [0.717, 1.165) is 0 Å². The fourth-order valence-corrected chi connectivity index (χ4v) is 6.11. The van der Waals surface area contributed by atoms with Crippen LogP contribution >= 0.6 is 0 Å². The first-order valence-corrected chi connectivity index (χ1v) is 12.8. The third kappa shape index (κ3) is 2.98. The zero-order valence-electron chi connectivity index (χ0n) is 20.2. The van der Waals surface area contributed by atoms with E-state index in [1.165, 1.54) is 70.9 Å². The molecule has 1 aromatic heterocycles. The van der Waals surface area contributed by atoms with E-state index < -0.39 is 0 Å². The molecule has 0 amide bonds. The summed E-state index contributed by atoms with van der Waals surface area (Å²) in [7, 11) is 0. The van der Waals surface area contributed by atoms with Gasteiger partial charge < -0.3 is 4.57 Å². The monoisotopic (exact) mass is 469 g/mol. The minimum atomic E-state index is 1.22. The molecule has 0 spiro atoms. The summed E-state index contributed by atoms with van der Waals surface area (Å²) in [5.41, 5.74) is 6.22. The third-order valence-electron chi connectivity index (χ3n) is 7.76. The Hall–Kier alpha value is -4.88. The van der Waals surface area contributed by atoms with Gasteiger partial charge in [0.15, 0.2) is 0 Å². The average Bonchev–Trinajstić information content (AvgIpc) is 3.31. The molecule has 0 aliphatic carbocycles. The standard InChI is InChI=1S/C36H23N/c1-3-13-28-24(9-1)11-7-16-29(28)26-19-21-31-27(23-26)20-22-35-36(31)32-15-5-6-17-34(32)37(35)33-18-8-12-25-10-2-4-14-30(25)33/h1-23H. The average molecular weight is 470 g/mol. The molecule has 0 fully saturated rings. The highest BCUT2D eigenvalue weighted by Gasteiger charge is 2.16. The van der Waals surface area contributed by atoms with E-state index in [0.29, 0.717) is 0 Å². The largest absolute Gasteiger partial charge is 0.309 e. The Morgan fingerprint density at radius 2 is 1.05 bits per heavy atom. The van der Waals surface area contributed by atoms with Crippen molar-refractivity contribution in [2.75, 3.05) is 0 Å². The summed E-state index contributed by atoms with van der Waals surface area (Å²) < 4.78 is 2.44. The lowest BCUT2D eigenvalue weighted by atomic mass is 9.95. The van der Waals surface area contributed by atoms with Crippen molar-refractivity contribution in [3.05, 3.63) is 140 Å².